The zero-order valence-corrected chi connectivity index (χ0v) is 5.48. The first-order valence-corrected chi connectivity index (χ1v) is 2.69. The Kier molecular flexibility index (Phi) is 3.19. The number of aliphatic carboxylic acids is 2. The van der Waals surface area contributed by atoms with E-state index in [9.17, 15) is 14.4 Å². The normalized spacial score (nSPS) is 12.1. The smallest absolute Gasteiger partial charge is 0.373 e. The summed E-state index contributed by atoms with van der Waals surface area (Å²) in [6.07, 6.45) is -0.662. The third-order valence-corrected chi connectivity index (χ3v) is 0.942. The van der Waals surface area contributed by atoms with Crippen molar-refractivity contribution >= 4 is 17.7 Å². The first-order chi connectivity index (χ1) is 4.95. The Labute approximate surface area is 61.6 Å². The summed E-state index contributed by atoms with van der Waals surface area (Å²) in [4.78, 5) is 30.2. The molecule has 0 aromatic carbocycles. The zero-order valence-electron chi connectivity index (χ0n) is 5.48. The maximum Gasteiger partial charge on any atom is 0.373 e. The van der Waals surface area contributed by atoms with E-state index in [1.807, 2.05) is 0 Å². The third kappa shape index (κ3) is 3.31. The van der Waals surface area contributed by atoms with Crippen LogP contribution in [-0.4, -0.2) is 34.0 Å². The van der Waals surface area contributed by atoms with Crippen molar-refractivity contribution in [3.8, 4) is 0 Å². The van der Waals surface area contributed by atoms with E-state index in [-0.39, 0.29) is 0 Å². The average molecular weight is 161 g/mol. The minimum absolute atomic E-state index is 0.662. The first kappa shape index (κ1) is 9.57. The summed E-state index contributed by atoms with van der Waals surface area (Å²) in [6.45, 7) is 0. The standard InChI is InChI=1S/C5H7NO5/c6-2(1-3(7)8)4(9)5(10)11/h2H,1,6H2,(H,7,8)(H,10,11)/t2-/m0/s1. The van der Waals surface area contributed by atoms with E-state index >= 15 is 0 Å². The topological polar surface area (TPSA) is 118 Å². The van der Waals surface area contributed by atoms with E-state index < -0.39 is 30.2 Å². The molecule has 4 N–H and O–H groups in total. The average Bonchev–Trinajstić information content (AvgIpc) is 1.84. The molecule has 6 heteroatoms. The number of nitrogens with two attached hydrogens (primary N) is 1. The van der Waals surface area contributed by atoms with E-state index in [1.165, 1.54) is 0 Å². The molecule has 0 saturated carbocycles. The van der Waals surface area contributed by atoms with Crippen LogP contribution in [0.15, 0.2) is 0 Å². The van der Waals surface area contributed by atoms with Gasteiger partial charge < -0.3 is 15.9 Å². The highest BCUT2D eigenvalue weighted by Crippen LogP contribution is 1.89. The van der Waals surface area contributed by atoms with E-state index in [1.54, 1.807) is 0 Å². The van der Waals surface area contributed by atoms with Gasteiger partial charge in [-0.2, -0.15) is 0 Å². The van der Waals surface area contributed by atoms with E-state index in [4.69, 9.17) is 15.9 Å². The maximum absolute atomic E-state index is 10.4. The Morgan fingerprint density at radius 2 is 1.73 bits per heavy atom. The lowest BCUT2D eigenvalue weighted by Gasteiger charge is -2.01. The SMILES string of the molecule is N[C@@H](CC(=O)O)C(=O)C(=O)O. The second-order valence-electron chi connectivity index (χ2n) is 1.87. The fourth-order valence-corrected chi connectivity index (χ4v) is 0.439. The van der Waals surface area contributed by atoms with Gasteiger partial charge in [-0.3, -0.25) is 9.59 Å². The van der Waals surface area contributed by atoms with E-state index in [0.29, 0.717) is 0 Å². The summed E-state index contributed by atoms with van der Waals surface area (Å²) in [6, 6.07) is -1.45. The number of hydrogen-bond acceptors (Lipinski definition) is 4. The fraction of sp³-hybridized carbons (Fsp3) is 0.400. The molecule has 0 heterocycles. The van der Waals surface area contributed by atoms with Crippen molar-refractivity contribution < 1.29 is 24.6 Å². The predicted molar refractivity (Wildman–Crippen MR) is 32.9 cm³/mol. The summed E-state index contributed by atoms with van der Waals surface area (Å²) in [5, 5.41) is 16.1. The fourth-order valence-electron chi connectivity index (χ4n) is 0.439. The highest BCUT2D eigenvalue weighted by atomic mass is 16.4. The Hall–Kier alpha value is -1.43. The van der Waals surface area contributed by atoms with Gasteiger partial charge in [0, 0.05) is 0 Å². The van der Waals surface area contributed by atoms with Crippen LogP contribution in [0.4, 0.5) is 0 Å². The van der Waals surface area contributed by atoms with Crippen molar-refractivity contribution in [1.29, 1.82) is 0 Å². The number of carbonyl (C=O) groups excluding carboxylic acids is 1. The van der Waals surface area contributed by atoms with E-state index in [2.05, 4.69) is 0 Å². The largest absolute Gasteiger partial charge is 0.481 e. The van der Waals surface area contributed by atoms with Crippen LogP contribution in [0.3, 0.4) is 0 Å². The van der Waals surface area contributed by atoms with Crippen LogP contribution < -0.4 is 5.73 Å². The van der Waals surface area contributed by atoms with Crippen molar-refractivity contribution in [2.75, 3.05) is 0 Å². The second-order valence-corrected chi connectivity index (χ2v) is 1.87. The first-order valence-electron chi connectivity index (χ1n) is 2.69. The number of hydrogen-bond donors (Lipinski definition) is 3. The van der Waals surface area contributed by atoms with Crippen molar-refractivity contribution in [1.82, 2.24) is 0 Å². The van der Waals surface area contributed by atoms with Crippen molar-refractivity contribution in [2.24, 2.45) is 5.73 Å². The van der Waals surface area contributed by atoms with Crippen LogP contribution in [0.25, 0.3) is 0 Å². The Balaban J connectivity index is 4.03. The summed E-state index contributed by atoms with van der Waals surface area (Å²) in [5.74, 6) is -4.29. The molecule has 0 fully saturated rings. The van der Waals surface area contributed by atoms with E-state index in [0.717, 1.165) is 0 Å². The Morgan fingerprint density at radius 3 is 2.00 bits per heavy atom. The molecular weight excluding hydrogens is 154 g/mol. The molecule has 6 nitrogen and oxygen atoms in total. The lowest BCUT2D eigenvalue weighted by Crippen LogP contribution is -2.37. The Morgan fingerprint density at radius 1 is 1.27 bits per heavy atom. The van der Waals surface area contributed by atoms with Gasteiger partial charge in [0.15, 0.2) is 0 Å². The molecule has 0 aliphatic carbocycles. The molecule has 0 rings (SSSR count). The summed E-state index contributed by atoms with van der Waals surface area (Å²) >= 11 is 0. The molecule has 0 unspecified atom stereocenters. The molecular formula is C5H7NO5. The lowest BCUT2D eigenvalue weighted by molar-refractivity contribution is -0.150. The molecule has 0 aromatic heterocycles. The van der Waals surface area contributed by atoms with Gasteiger partial charge in [0.05, 0.1) is 12.5 Å². The maximum atomic E-state index is 10.4. The van der Waals surface area contributed by atoms with Crippen LogP contribution >= 0.6 is 0 Å². The van der Waals surface area contributed by atoms with Gasteiger partial charge in [-0.15, -0.1) is 0 Å². The molecule has 0 spiro atoms. The predicted octanol–water partition coefficient (Wildman–Crippen LogP) is -1.56. The van der Waals surface area contributed by atoms with Gasteiger partial charge in [-0.25, -0.2) is 4.79 Å². The van der Waals surface area contributed by atoms with Gasteiger partial charge in [0.2, 0.25) is 0 Å². The highest BCUT2D eigenvalue weighted by molar-refractivity contribution is 6.35. The van der Waals surface area contributed by atoms with Crippen molar-refractivity contribution in [3.05, 3.63) is 0 Å². The molecule has 1 atom stereocenters. The molecule has 0 bridgehead atoms. The van der Waals surface area contributed by atoms with Gasteiger partial charge in [-0.1, -0.05) is 0 Å². The zero-order chi connectivity index (χ0) is 9.02. The van der Waals surface area contributed by atoms with Gasteiger partial charge in [0.25, 0.3) is 5.78 Å². The van der Waals surface area contributed by atoms with Gasteiger partial charge in [-0.05, 0) is 0 Å². The van der Waals surface area contributed by atoms with Crippen molar-refractivity contribution in [2.45, 2.75) is 12.5 Å². The Bertz CT molecular complexity index is 199. The molecule has 11 heavy (non-hydrogen) atoms. The number of Topliss-reactive ketones (excluding diaryl/α,β-unsaturated/α-hetero) is 1. The monoisotopic (exact) mass is 161 g/mol. The number of ketones is 1. The van der Waals surface area contributed by atoms with Crippen LogP contribution in [0.2, 0.25) is 0 Å². The number of carboxylic acids is 2. The molecule has 0 aliphatic rings. The highest BCUT2D eigenvalue weighted by Gasteiger charge is 2.22. The number of carbonyl (C=O) groups is 3. The molecule has 62 valence electrons. The minimum atomic E-state index is -1.71. The molecule has 0 amide bonds. The molecule has 0 radical (unpaired) electrons. The van der Waals surface area contributed by atoms with Crippen LogP contribution in [0, 0.1) is 0 Å². The molecule has 0 aliphatic heterocycles. The number of carboxylic acid groups (broad SMARTS) is 2. The van der Waals surface area contributed by atoms with Gasteiger partial charge in [0.1, 0.15) is 0 Å². The second kappa shape index (κ2) is 3.67. The van der Waals surface area contributed by atoms with Gasteiger partial charge >= 0.3 is 11.9 Å². The lowest BCUT2D eigenvalue weighted by atomic mass is 10.1. The van der Waals surface area contributed by atoms with Crippen LogP contribution in [0.5, 0.6) is 0 Å². The summed E-state index contributed by atoms with van der Waals surface area (Å²) in [5.41, 5.74) is 4.91. The molecule has 0 aromatic rings. The minimum Gasteiger partial charge on any atom is -0.481 e. The van der Waals surface area contributed by atoms with Crippen LogP contribution in [0.1, 0.15) is 6.42 Å². The summed E-state index contributed by atoms with van der Waals surface area (Å²) < 4.78 is 0. The quantitative estimate of drug-likeness (QED) is 0.429. The third-order valence-electron chi connectivity index (χ3n) is 0.942. The van der Waals surface area contributed by atoms with Crippen molar-refractivity contribution in [3.63, 3.8) is 0 Å². The summed E-state index contributed by atoms with van der Waals surface area (Å²) in [7, 11) is 0. The molecule has 0 saturated heterocycles. The van der Waals surface area contributed by atoms with Crippen LogP contribution in [-0.2, 0) is 14.4 Å². The number of rotatable bonds is 4.